The van der Waals surface area contributed by atoms with Crippen LogP contribution >= 0.6 is 11.6 Å². The Morgan fingerprint density at radius 2 is 2.05 bits per heavy atom. The van der Waals surface area contributed by atoms with E-state index in [1.165, 1.54) is 0 Å². The summed E-state index contributed by atoms with van der Waals surface area (Å²) in [5.74, 6) is -2.15. The summed E-state index contributed by atoms with van der Waals surface area (Å²) in [7, 11) is 0. The predicted molar refractivity (Wildman–Crippen MR) is 71.0 cm³/mol. The predicted octanol–water partition coefficient (Wildman–Crippen LogP) is 4.15. The van der Waals surface area contributed by atoms with E-state index in [9.17, 15) is 13.6 Å². The molecular weight excluding hydrogens is 286 g/mol. The van der Waals surface area contributed by atoms with Crippen molar-refractivity contribution in [2.24, 2.45) is 5.92 Å². The van der Waals surface area contributed by atoms with Gasteiger partial charge in [0.05, 0.1) is 16.2 Å². The lowest BCUT2D eigenvalue weighted by Gasteiger charge is -2.46. The van der Waals surface area contributed by atoms with Crippen LogP contribution in [0.1, 0.15) is 42.5 Å². The number of hydrogen-bond donors (Lipinski definition) is 0. The van der Waals surface area contributed by atoms with E-state index in [1.54, 1.807) is 0 Å². The van der Waals surface area contributed by atoms with Crippen LogP contribution in [0.2, 0.25) is 5.02 Å². The standard InChI is InChI=1S/C15H15ClF2O2/c16-11-7-12(17)10(6-13(11)18)14(19)9-2-5-20-15(8-9)3-1-4-15/h6-7,9H,1-5,8H2. The maximum absolute atomic E-state index is 13.8. The maximum Gasteiger partial charge on any atom is 0.169 e. The van der Waals surface area contributed by atoms with Crippen LogP contribution in [0.4, 0.5) is 8.78 Å². The van der Waals surface area contributed by atoms with E-state index in [-0.39, 0.29) is 27.9 Å². The van der Waals surface area contributed by atoms with Gasteiger partial charge in [0, 0.05) is 12.5 Å². The van der Waals surface area contributed by atoms with Crippen molar-refractivity contribution in [3.8, 4) is 0 Å². The highest BCUT2D eigenvalue weighted by Gasteiger charge is 2.44. The number of ketones is 1. The number of carbonyl (C=O) groups is 1. The van der Waals surface area contributed by atoms with Gasteiger partial charge in [-0.15, -0.1) is 0 Å². The van der Waals surface area contributed by atoms with Crippen LogP contribution in [0, 0.1) is 17.6 Å². The van der Waals surface area contributed by atoms with Crippen molar-refractivity contribution < 1.29 is 18.3 Å². The minimum absolute atomic E-state index is 0.194. The van der Waals surface area contributed by atoms with Crippen molar-refractivity contribution in [1.29, 1.82) is 0 Å². The first-order chi connectivity index (χ1) is 9.51. The van der Waals surface area contributed by atoms with Crippen molar-refractivity contribution in [1.82, 2.24) is 0 Å². The zero-order chi connectivity index (χ0) is 14.3. The lowest BCUT2D eigenvalue weighted by Crippen LogP contribution is -2.47. The molecule has 1 aliphatic heterocycles. The van der Waals surface area contributed by atoms with Crippen LogP contribution in [0.3, 0.4) is 0 Å². The average molecular weight is 301 g/mol. The third kappa shape index (κ3) is 2.35. The molecule has 2 fully saturated rings. The van der Waals surface area contributed by atoms with E-state index in [0.29, 0.717) is 19.4 Å². The van der Waals surface area contributed by atoms with Gasteiger partial charge in [0.15, 0.2) is 5.78 Å². The Bertz CT molecular complexity index is 555. The van der Waals surface area contributed by atoms with E-state index in [4.69, 9.17) is 16.3 Å². The molecule has 0 radical (unpaired) electrons. The Morgan fingerprint density at radius 3 is 2.70 bits per heavy atom. The fourth-order valence-electron chi connectivity index (χ4n) is 3.10. The Kier molecular flexibility index (Phi) is 3.55. The van der Waals surface area contributed by atoms with E-state index in [2.05, 4.69) is 0 Å². The smallest absolute Gasteiger partial charge is 0.169 e. The number of carbonyl (C=O) groups excluding carboxylic acids is 1. The third-order valence-corrected chi connectivity index (χ3v) is 4.69. The van der Waals surface area contributed by atoms with Crippen LogP contribution in [-0.2, 0) is 4.74 Å². The molecule has 2 aliphatic rings. The van der Waals surface area contributed by atoms with Gasteiger partial charge in [-0.25, -0.2) is 8.78 Å². The molecule has 1 unspecified atom stereocenters. The van der Waals surface area contributed by atoms with Crippen molar-refractivity contribution in [3.05, 3.63) is 34.4 Å². The van der Waals surface area contributed by atoms with Gasteiger partial charge in [0.25, 0.3) is 0 Å². The number of rotatable bonds is 2. The van der Waals surface area contributed by atoms with Gasteiger partial charge < -0.3 is 4.74 Å². The molecule has 0 aromatic heterocycles. The first-order valence-corrected chi connectivity index (χ1v) is 7.21. The van der Waals surface area contributed by atoms with E-state index >= 15 is 0 Å². The number of hydrogen-bond acceptors (Lipinski definition) is 2. The van der Waals surface area contributed by atoms with Crippen molar-refractivity contribution >= 4 is 17.4 Å². The van der Waals surface area contributed by atoms with Crippen LogP contribution in [0.25, 0.3) is 0 Å². The SMILES string of the molecule is O=C(c1cc(F)c(Cl)cc1F)C1CCOC2(CCC2)C1. The summed E-state index contributed by atoms with van der Waals surface area (Å²) < 4.78 is 33.0. The lowest BCUT2D eigenvalue weighted by atomic mass is 9.70. The molecule has 1 aromatic rings. The number of halogens is 3. The Balaban J connectivity index is 1.83. The van der Waals surface area contributed by atoms with Gasteiger partial charge in [0.1, 0.15) is 11.6 Å². The van der Waals surface area contributed by atoms with E-state index in [1.807, 2.05) is 0 Å². The fraction of sp³-hybridized carbons (Fsp3) is 0.533. The quantitative estimate of drug-likeness (QED) is 0.606. The van der Waals surface area contributed by atoms with Crippen molar-refractivity contribution in [2.75, 3.05) is 6.61 Å². The van der Waals surface area contributed by atoms with Crippen LogP contribution < -0.4 is 0 Å². The molecule has 1 aromatic carbocycles. The molecule has 1 spiro atoms. The average Bonchev–Trinajstić information content (AvgIpc) is 2.40. The monoisotopic (exact) mass is 300 g/mol. The molecule has 2 nitrogen and oxygen atoms in total. The van der Waals surface area contributed by atoms with Gasteiger partial charge in [-0.1, -0.05) is 11.6 Å². The second-order valence-corrected chi connectivity index (χ2v) is 6.09. The first-order valence-electron chi connectivity index (χ1n) is 6.83. The highest BCUT2D eigenvalue weighted by Crippen LogP contribution is 2.45. The third-order valence-electron chi connectivity index (χ3n) is 4.40. The molecule has 1 saturated heterocycles. The zero-order valence-electron chi connectivity index (χ0n) is 10.9. The summed E-state index contributed by atoms with van der Waals surface area (Å²) in [5, 5.41) is -0.304. The largest absolute Gasteiger partial charge is 0.375 e. The topological polar surface area (TPSA) is 26.3 Å². The summed E-state index contributed by atoms with van der Waals surface area (Å²) in [6.45, 7) is 0.508. The second-order valence-electron chi connectivity index (χ2n) is 5.69. The Morgan fingerprint density at radius 1 is 1.30 bits per heavy atom. The van der Waals surface area contributed by atoms with Gasteiger partial charge in [0.2, 0.25) is 0 Å². The molecular formula is C15H15ClF2O2. The molecule has 3 rings (SSSR count). The number of Topliss-reactive ketones (excluding diaryl/α,β-unsaturated/α-hetero) is 1. The van der Waals surface area contributed by atoms with Crippen LogP contribution in [0.15, 0.2) is 12.1 Å². The van der Waals surface area contributed by atoms with E-state index in [0.717, 1.165) is 31.4 Å². The molecule has 108 valence electrons. The molecule has 1 heterocycles. The maximum atomic E-state index is 13.8. The molecule has 5 heteroatoms. The van der Waals surface area contributed by atoms with Crippen molar-refractivity contribution in [3.63, 3.8) is 0 Å². The molecule has 0 N–H and O–H groups in total. The van der Waals surface area contributed by atoms with Crippen molar-refractivity contribution in [2.45, 2.75) is 37.7 Å². The summed E-state index contributed by atoms with van der Waals surface area (Å²) in [5.41, 5.74) is -0.395. The summed E-state index contributed by atoms with van der Waals surface area (Å²) in [6.07, 6.45) is 4.17. The molecule has 1 atom stereocenters. The van der Waals surface area contributed by atoms with Gasteiger partial charge >= 0.3 is 0 Å². The highest BCUT2D eigenvalue weighted by molar-refractivity contribution is 6.30. The Labute approximate surface area is 121 Å². The fourth-order valence-corrected chi connectivity index (χ4v) is 3.25. The first kappa shape index (κ1) is 14.0. The van der Waals surface area contributed by atoms with E-state index < -0.39 is 11.6 Å². The summed E-state index contributed by atoms with van der Waals surface area (Å²) in [4.78, 5) is 12.4. The second kappa shape index (κ2) is 5.08. The zero-order valence-corrected chi connectivity index (χ0v) is 11.7. The minimum atomic E-state index is -0.762. The Hall–Kier alpha value is -1.00. The number of ether oxygens (including phenoxy) is 1. The summed E-state index contributed by atoms with van der Waals surface area (Å²) in [6, 6.07) is 1.77. The number of benzene rings is 1. The molecule has 1 saturated carbocycles. The molecule has 0 bridgehead atoms. The van der Waals surface area contributed by atoms with Crippen LogP contribution in [0.5, 0.6) is 0 Å². The normalized spacial score (nSPS) is 24.4. The van der Waals surface area contributed by atoms with Gasteiger partial charge in [-0.2, -0.15) is 0 Å². The highest BCUT2D eigenvalue weighted by atomic mass is 35.5. The van der Waals surface area contributed by atoms with Crippen LogP contribution in [-0.4, -0.2) is 18.0 Å². The van der Waals surface area contributed by atoms with Gasteiger partial charge in [-0.05, 0) is 44.2 Å². The lowest BCUT2D eigenvalue weighted by molar-refractivity contribution is -0.137. The summed E-state index contributed by atoms with van der Waals surface area (Å²) >= 11 is 5.51. The molecule has 20 heavy (non-hydrogen) atoms. The molecule has 0 amide bonds. The minimum Gasteiger partial charge on any atom is -0.375 e. The van der Waals surface area contributed by atoms with Gasteiger partial charge in [-0.3, -0.25) is 4.79 Å². The molecule has 1 aliphatic carbocycles.